The highest BCUT2D eigenvalue weighted by Crippen LogP contribution is 2.17. The first-order valence-corrected chi connectivity index (χ1v) is 10.6. The van der Waals surface area contributed by atoms with Crippen LogP contribution >= 0.6 is 0 Å². The number of hydrogen-bond donors (Lipinski definition) is 4. The van der Waals surface area contributed by atoms with Gasteiger partial charge in [0.2, 0.25) is 0 Å². The lowest BCUT2D eigenvalue weighted by Gasteiger charge is -2.24. The monoisotopic (exact) mass is 465 g/mol. The molecule has 0 aliphatic carbocycles. The predicted octanol–water partition coefficient (Wildman–Crippen LogP) is 1.76. The predicted molar refractivity (Wildman–Crippen MR) is 124 cm³/mol. The number of halogens is 1. The molecule has 4 N–H and O–H groups in total. The standard InChI is InChI=1S/C24H25BFN3O5/c1-24(26,23(31)29-21(34-25(32)33)15-17-9-4-2-5-10-17)22(30)27-16-19-13-8-14-20(28-19)18-11-6-3-7-12-18/h2-14,21,32-33H,15-16H2,1H3,(H,27,30)(H,29,31)/t21-,24?/m1/s1. The van der Waals surface area contributed by atoms with Crippen LogP contribution in [0.3, 0.4) is 0 Å². The third-order valence-electron chi connectivity index (χ3n) is 5.00. The minimum absolute atomic E-state index is 0.0259. The van der Waals surface area contributed by atoms with Crippen molar-refractivity contribution in [2.24, 2.45) is 0 Å². The van der Waals surface area contributed by atoms with Gasteiger partial charge in [-0.2, -0.15) is 0 Å². The van der Waals surface area contributed by atoms with Gasteiger partial charge in [-0.15, -0.1) is 0 Å². The molecule has 0 radical (unpaired) electrons. The van der Waals surface area contributed by atoms with Crippen LogP contribution in [-0.4, -0.2) is 46.1 Å². The van der Waals surface area contributed by atoms with Gasteiger partial charge in [0.25, 0.3) is 17.5 Å². The molecule has 3 aromatic rings. The average molecular weight is 465 g/mol. The molecule has 0 spiro atoms. The van der Waals surface area contributed by atoms with E-state index in [0.29, 0.717) is 17.0 Å². The third-order valence-corrected chi connectivity index (χ3v) is 5.00. The van der Waals surface area contributed by atoms with E-state index in [4.69, 9.17) is 14.7 Å². The van der Waals surface area contributed by atoms with Crippen LogP contribution in [0.2, 0.25) is 0 Å². The number of pyridine rings is 1. The maximum Gasteiger partial charge on any atom is 0.635 e. The van der Waals surface area contributed by atoms with Crippen molar-refractivity contribution < 1.29 is 28.7 Å². The SMILES string of the molecule is CC(F)(C(=O)NCc1cccc(-c2ccccc2)n1)C(=O)N[C@@H](Cc1ccccc1)OB(O)O. The van der Waals surface area contributed by atoms with E-state index < -0.39 is 31.0 Å². The molecular formula is C24H25BFN3O5. The van der Waals surface area contributed by atoms with Crippen molar-refractivity contribution in [2.45, 2.75) is 31.8 Å². The Hall–Kier alpha value is -3.60. The molecule has 34 heavy (non-hydrogen) atoms. The van der Waals surface area contributed by atoms with Crippen LogP contribution in [0.15, 0.2) is 78.9 Å². The summed E-state index contributed by atoms with van der Waals surface area (Å²) in [4.78, 5) is 29.5. The number of carbonyl (C=O) groups excluding carboxylic acids is 2. The van der Waals surface area contributed by atoms with Crippen LogP contribution in [0.25, 0.3) is 11.3 Å². The summed E-state index contributed by atoms with van der Waals surface area (Å²) in [6.45, 7) is 0.728. The fraction of sp³-hybridized carbons (Fsp3) is 0.208. The van der Waals surface area contributed by atoms with Gasteiger partial charge in [-0.25, -0.2) is 4.39 Å². The molecule has 0 bridgehead atoms. The molecule has 1 aromatic heterocycles. The Morgan fingerprint density at radius 2 is 1.65 bits per heavy atom. The molecule has 0 saturated heterocycles. The average Bonchev–Trinajstić information content (AvgIpc) is 2.83. The van der Waals surface area contributed by atoms with Crippen molar-refractivity contribution >= 4 is 19.1 Å². The van der Waals surface area contributed by atoms with Crippen molar-refractivity contribution in [1.29, 1.82) is 0 Å². The first-order chi connectivity index (χ1) is 16.3. The summed E-state index contributed by atoms with van der Waals surface area (Å²) in [6.07, 6.45) is -1.25. The number of aromatic nitrogens is 1. The van der Waals surface area contributed by atoms with Crippen molar-refractivity contribution in [2.75, 3.05) is 0 Å². The Kier molecular flexibility index (Phi) is 8.47. The fourth-order valence-electron chi connectivity index (χ4n) is 3.18. The number of benzene rings is 2. The maximum absolute atomic E-state index is 15.1. The van der Waals surface area contributed by atoms with Gasteiger partial charge in [0.15, 0.2) is 0 Å². The first kappa shape index (κ1) is 25.0. The Bertz CT molecular complexity index is 1100. The lowest BCUT2D eigenvalue weighted by atomic mass is 10.1. The second-order valence-corrected chi connectivity index (χ2v) is 7.68. The van der Waals surface area contributed by atoms with Crippen LogP contribution in [0.5, 0.6) is 0 Å². The second-order valence-electron chi connectivity index (χ2n) is 7.68. The second kappa shape index (κ2) is 11.5. The minimum atomic E-state index is -2.95. The van der Waals surface area contributed by atoms with E-state index in [2.05, 4.69) is 15.6 Å². The van der Waals surface area contributed by atoms with E-state index in [1.54, 1.807) is 42.5 Å². The maximum atomic E-state index is 15.1. The molecular weight excluding hydrogens is 440 g/mol. The number of alkyl halides is 1. The topological polar surface area (TPSA) is 121 Å². The number of amides is 2. The molecule has 1 heterocycles. The molecule has 3 rings (SSSR count). The van der Waals surface area contributed by atoms with Gasteiger partial charge in [-0.3, -0.25) is 14.6 Å². The van der Waals surface area contributed by atoms with Crippen LogP contribution in [0.1, 0.15) is 18.2 Å². The van der Waals surface area contributed by atoms with Gasteiger partial charge in [0.1, 0.15) is 6.23 Å². The number of nitrogens with one attached hydrogen (secondary N) is 2. The van der Waals surface area contributed by atoms with Crippen molar-refractivity contribution in [1.82, 2.24) is 15.6 Å². The van der Waals surface area contributed by atoms with Crippen LogP contribution in [0, 0.1) is 0 Å². The van der Waals surface area contributed by atoms with Crippen molar-refractivity contribution in [3.8, 4) is 11.3 Å². The molecule has 10 heteroatoms. The van der Waals surface area contributed by atoms with E-state index in [1.807, 2.05) is 36.4 Å². The molecule has 0 aliphatic rings. The van der Waals surface area contributed by atoms with E-state index >= 15 is 4.39 Å². The lowest BCUT2D eigenvalue weighted by molar-refractivity contribution is -0.146. The number of nitrogens with zero attached hydrogens (tertiary/aromatic N) is 1. The Balaban J connectivity index is 1.62. The quantitative estimate of drug-likeness (QED) is 0.206. The summed E-state index contributed by atoms with van der Waals surface area (Å²) >= 11 is 0. The van der Waals surface area contributed by atoms with Gasteiger partial charge < -0.3 is 25.3 Å². The van der Waals surface area contributed by atoms with E-state index in [0.717, 1.165) is 12.5 Å². The summed E-state index contributed by atoms with van der Waals surface area (Å²) in [5, 5.41) is 22.9. The lowest BCUT2D eigenvalue weighted by Crippen LogP contribution is -2.55. The van der Waals surface area contributed by atoms with Crippen LogP contribution in [-0.2, 0) is 27.2 Å². The normalized spacial score (nSPS) is 13.4. The van der Waals surface area contributed by atoms with E-state index in [1.165, 1.54) is 0 Å². The molecule has 8 nitrogen and oxygen atoms in total. The molecule has 176 valence electrons. The van der Waals surface area contributed by atoms with Crippen LogP contribution < -0.4 is 10.6 Å². The molecule has 0 saturated carbocycles. The molecule has 0 fully saturated rings. The van der Waals surface area contributed by atoms with Gasteiger partial charge in [-0.05, 0) is 24.6 Å². The summed E-state index contributed by atoms with van der Waals surface area (Å²) in [7, 11) is -2.20. The number of rotatable bonds is 10. The molecule has 2 amide bonds. The Morgan fingerprint density at radius 3 is 2.29 bits per heavy atom. The highest BCUT2D eigenvalue weighted by atomic mass is 19.1. The summed E-state index contributed by atoms with van der Waals surface area (Å²) in [6, 6.07) is 23.4. The zero-order chi connectivity index (χ0) is 24.6. The third kappa shape index (κ3) is 6.95. The van der Waals surface area contributed by atoms with Crippen LogP contribution in [0.4, 0.5) is 4.39 Å². The largest absolute Gasteiger partial charge is 0.635 e. The summed E-state index contributed by atoms with van der Waals surface area (Å²) in [5.41, 5.74) is -0.185. The van der Waals surface area contributed by atoms with Gasteiger partial charge in [0, 0.05) is 12.0 Å². The van der Waals surface area contributed by atoms with Crippen molar-refractivity contribution in [3.05, 3.63) is 90.1 Å². The molecule has 0 aliphatic heterocycles. The number of hydrogen-bond acceptors (Lipinski definition) is 6. The smallest absolute Gasteiger partial charge is 0.402 e. The van der Waals surface area contributed by atoms with Crippen molar-refractivity contribution in [3.63, 3.8) is 0 Å². The van der Waals surface area contributed by atoms with E-state index in [-0.39, 0.29) is 13.0 Å². The van der Waals surface area contributed by atoms with Gasteiger partial charge >= 0.3 is 7.32 Å². The first-order valence-electron chi connectivity index (χ1n) is 10.6. The highest BCUT2D eigenvalue weighted by molar-refractivity contribution is 6.32. The molecule has 2 atom stereocenters. The number of carbonyl (C=O) groups is 2. The highest BCUT2D eigenvalue weighted by Gasteiger charge is 2.42. The van der Waals surface area contributed by atoms with Gasteiger partial charge in [0.05, 0.1) is 17.9 Å². The zero-order valence-corrected chi connectivity index (χ0v) is 18.5. The van der Waals surface area contributed by atoms with E-state index in [9.17, 15) is 9.59 Å². The van der Waals surface area contributed by atoms with Gasteiger partial charge in [-0.1, -0.05) is 66.7 Å². The molecule has 2 aromatic carbocycles. The zero-order valence-electron chi connectivity index (χ0n) is 18.5. The summed E-state index contributed by atoms with van der Waals surface area (Å²) < 4.78 is 20.0. The Morgan fingerprint density at radius 1 is 1.00 bits per heavy atom. The summed E-state index contributed by atoms with van der Waals surface area (Å²) in [5.74, 6) is -2.45. The Labute approximate surface area is 197 Å². The minimum Gasteiger partial charge on any atom is -0.402 e. The molecule has 1 unspecified atom stereocenters. The fourth-order valence-corrected chi connectivity index (χ4v) is 3.18.